The fourth-order valence-electron chi connectivity index (χ4n) is 2.82. The number of aromatic nitrogens is 1. The summed E-state index contributed by atoms with van der Waals surface area (Å²) in [7, 11) is 0. The van der Waals surface area contributed by atoms with E-state index in [2.05, 4.69) is 29.2 Å². The van der Waals surface area contributed by atoms with Crippen LogP contribution in [0.5, 0.6) is 0 Å². The molecule has 96 valence electrons. The molecule has 0 radical (unpaired) electrons. The molecule has 1 unspecified atom stereocenters. The van der Waals surface area contributed by atoms with Crippen LogP contribution in [-0.4, -0.2) is 10.8 Å². The van der Waals surface area contributed by atoms with Gasteiger partial charge in [0.25, 0.3) is 0 Å². The lowest BCUT2D eigenvalue weighted by molar-refractivity contribution is -0.122. The van der Waals surface area contributed by atoms with Gasteiger partial charge in [-0.05, 0) is 42.0 Å². The topological polar surface area (TPSA) is 30.0 Å². The zero-order valence-corrected chi connectivity index (χ0v) is 10.9. The Hall–Kier alpha value is -1.96. The number of ketones is 1. The molecule has 0 N–H and O–H groups in total. The Balaban J connectivity index is 1.70. The molecule has 1 atom stereocenters. The first-order valence-electron chi connectivity index (χ1n) is 6.81. The SMILES string of the molecule is O=C(Cc1cccnc1)C1CCc2ccccc2C1. The molecule has 19 heavy (non-hydrogen) atoms. The predicted molar refractivity (Wildman–Crippen MR) is 74.9 cm³/mol. The normalized spacial score (nSPS) is 17.8. The third kappa shape index (κ3) is 2.73. The lowest BCUT2D eigenvalue weighted by Gasteiger charge is -2.23. The second-order valence-electron chi connectivity index (χ2n) is 5.21. The second kappa shape index (κ2) is 5.35. The maximum Gasteiger partial charge on any atom is 0.140 e. The Labute approximate surface area is 113 Å². The van der Waals surface area contributed by atoms with Crippen molar-refractivity contribution in [3.63, 3.8) is 0 Å². The van der Waals surface area contributed by atoms with E-state index in [1.165, 1.54) is 11.1 Å². The van der Waals surface area contributed by atoms with Crippen molar-refractivity contribution in [3.8, 4) is 0 Å². The third-order valence-corrected chi connectivity index (χ3v) is 3.90. The molecular formula is C17H17NO. The van der Waals surface area contributed by atoms with Crippen LogP contribution in [0.3, 0.4) is 0 Å². The molecule has 2 nitrogen and oxygen atoms in total. The Morgan fingerprint density at radius 1 is 1.16 bits per heavy atom. The fourth-order valence-corrected chi connectivity index (χ4v) is 2.82. The van der Waals surface area contributed by atoms with Crippen molar-refractivity contribution in [3.05, 3.63) is 65.5 Å². The molecule has 1 heterocycles. The lowest BCUT2D eigenvalue weighted by atomic mass is 9.80. The Morgan fingerprint density at radius 3 is 2.79 bits per heavy atom. The highest BCUT2D eigenvalue weighted by molar-refractivity contribution is 5.83. The molecule has 0 amide bonds. The fraction of sp³-hybridized carbons (Fsp3) is 0.294. The highest BCUT2D eigenvalue weighted by atomic mass is 16.1. The molecule has 0 spiro atoms. The third-order valence-electron chi connectivity index (χ3n) is 3.90. The summed E-state index contributed by atoms with van der Waals surface area (Å²) < 4.78 is 0. The first kappa shape index (κ1) is 12.1. The van der Waals surface area contributed by atoms with Gasteiger partial charge in [0.2, 0.25) is 0 Å². The molecule has 1 aromatic heterocycles. The van der Waals surface area contributed by atoms with Gasteiger partial charge in [0.1, 0.15) is 5.78 Å². The maximum absolute atomic E-state index is 12.3. The van der Waals surface area contributed by atoms with Gasteiger partial charge in [-0.15, -0.1) is 0 Å². The van der Waals surface area contributed by atoms with Gasteiger partial charge in [-0.25, -0.2) is 0 Å². The predicted octanol–water partition coefficient (Wildman–Crippen LogP) is 3.00. The minimum atomic E-state index is 0.176. The summed E-state index contributed by atoms with van der Waals surface area (Å²) in [6.45, 7) is 0. The number of carbonyl (C=O) groups excluding carboxylic acids is 1. The van der Waals surface area contributed by atoms with Gasteiger partial charge in [-0.1, -0.05) is 30.3 Å². The van der Waals surface area contributed by atoms with E-state index in [9.17, 15) is 4.79 Å². The highest BCUT2D eigenvalue weighted by Gasteiger charge is 2.24. The van der Waals surface area contributed by atoms with Crippen molar-refractivity contribution in [1.82, 2.24) is 4.98 Å². The van der Waals surface area contributed by atoms with Crippen LogP contribution in [0, 0.1) is 5.92 Å². The molecule has 3 rings (SSSR count). The highest BCUT2D eigenvalue weighted by Crippen LogP contribution is 2.26. The van der Waals surface area contributed by atoms with Gasteiger partial charge >= 0.3 is 0 Å². The summed E-state index contributed by atoms with van der Waals surface area (Å²) in [5.74, 6) is 0.526. The molecular weight excluding hydrogens is 234 g/mol. The number of hydrogen-bond donors (Lipinski definition) is 0. The first-order chi connectivity index (χ1) is 9.33. The van der Waals surface area contributed by atoms with Crippen molar-refractivity contribution >= 4 is 5.78 Å². The van der Waals surface area contributed by atoms with Gasteiger partial charge in [0, 0.05) is 24.7 Å². The van der Waals surface area contributed by atoms with Crippen molar-refractivity contribution in [1.29, 1.82) is 0 Å². The number of rotatable bonds is 3. The van der Waals surface area contributed by atoms with Gasteiger partial charge in [0.15, 0.2) is 0 Å². The molecule has 0 bridgehead atoms. The van der Waals surface area contributed by atoms with Gasteiger partial charge < -0.3 is 0 Å². The lowest BCUT2D eigenvalue weighted by Crippen LogP contribution is -2.24. The summed E-state index contributed by atoms with van der Waals surface area (Å²) >= 11 is 0. The van der Waals surface area contributed by atoms with E-state index in [1.807, 2.05) is 12.1 Å². The van der Waals surface area contributed by atoms with Crippen molar-refractivity contribution in [2.24, 2.45) is 5.92 Å². The van der Waals surface area contributed by atoms with Crippen LogP contribution in [0.2, 0.25) is 0 Å². The molecule has 1 aliphatic carbocycles. The van der Waals surface area contributed by atoms with Crippen molar-refractivity contribution < 1.29 is 4.79 Å². The van der Waals surface area contributed by atoms with Gasteiger partial charge in [-0.3, -0.25) is 9.78 Å². The molecule has 2 aromatic rings. The molecule has 1 aliphatic rings. The number of carbonyl (C=O) groups is 1. The summed E-state index contributed by atoms with van der Waals surface area (Å²) in [5.41, 5.74) is 3.78. The van der Waals surface area contributed by atoms with Crippen LogP contribution in [0.25, 0.3) is 0 Å². The maximum atomic E-state index is 12.3. The van der Waals surface area contributed by atoms with Crippen LogP contribution in [0.1, 0.15) is 23.1 Å². The number of nitrogens with zero attached hydrogens (tertiary/aromatic N) is 1. The summed E-state index contributed by atoms with van der Waals surface area (Å²) in [6, 6.07) is 12.3. The minimum absolute atomic E-state index is 0.176. The quantitative estimate of drug-likeness (QED) is 0.839. The van der Waals surface area contributed by atoms with E-state index in [4.69, 9.17) is 0 Å². The molecule has 0 aliphatic heterocycles. The Kier molecular flexibility index (Phi) is 3.41. The number of hydrogen-bond acceptors (Lipinski definition) is 2. The van der Waals surface area contributed by atoms with Crippen LogP contribution < -0.4 is 0 Å². The second-order valence-corrected chi connectivity index (χ2v) is 5.21. The number of fused-ring (bicyclic) bond motifs is 1. The summed E-state index contributed by atoms with van der Waals surface area (Å²) in [6.07, 6.45) is 6.95. The molecule has 0 fully saturated rings. The number of aryl methyl sites for hydroxylation is 1. The monoisotopic (exact) mass is 251 g/mol. The van der Waals surface area contributed by atoms with Crippen molar-refractivity contribution in [2.75, 3.05) is 0 Å². The van der Waals surface area contributed by atoms with Crippen LogP contribution in [-0.2, 0) is 24.1 Å². The minimum Gasteiger partial charge on any atom is -0.299 e. The number of Topliss-reactive ketones (excluding diaryl/α,β-unsaturated/α-hetero) is 1. The smallest absolute Gasteiger partial charge is 0.140 e. The molecule has 0 saturated carbocycles. The van der Waals surface area contributed by atoms with E-state index in [1.54, 1.807) is 12.4 Å². The molecule has 1 aromatic carbocycles. The van der Waals surface area contributed by atoms with Crippen LogP contribution >= 0.6 is 0 Å². The van der Waals surface area contributed by atoms with Crippen molar-refractivity contribution in [2.45, 2.75) is 25.7 Å². The first-order valence-corrected chi connectivity index (χ1v) is 6.81. The largest absolute Gasteiger partial charge is 0.299 e. The zero-order chi connectivity index (χ0) is 13.1. The Morgan fingerprint density at radius 2 is 2.00 bits per heavy atom. The Bertz CT molecular complexity index is 577. The van der Waals surface area contributed by atoms with E-state index in [0.29, 0.717) is 12.2 Å². The zero-order valence-electron chi connectivity index (χ0n) is 10.9. The average molecular weight is 251 g/mol. The van der Waals surface area contributed by atoms with E-state index >= 15 is 0 Å². The van der Waals surface area contributed by atoms with E-state index < -0.39 is 0 Å². The summed E-state index contributed by atoms with van der Waals surface area (Å²) in [5, 5.41) is 0. The van der Waals surface area contributed by atoms with Crippen LogP contribution in [0.4, 0.5) is 0 Å². The molecule has 2 heteroatoms. The summed E-state index contributed by atoms with van der Waals surface area (Å²) in [4.78, 5) is 16.4. The van der Waals surface area contributed by atoms with Gasteiger partial charge in [0.05, 0.1) is 0 Å². The van der Waals surface area contributed by atoms with Gasteiger partial charge in [-0.2, -0.15) is 0 Å². The standard InChI is InChI=1S/C17H17NO/c19-17(10-13-4-3-9-18-12-13)16-8-7-14-5-1-2-6-15(14)11-16/h1-6,9,12,16H,7-8,10-11H2. The van der Waals surface area contributed by atoms with E-state index in [-0.39, 0.29) is 5.92 Å². The number of pyridine rings is 1. The number of benzene rings is 1. The average Bonchev–Trinajstić information content (AvgIpc) is 2.48. The van der Waals surface area contributed by atoms with E-state index in [0.717, 1.165) is 24.8 Å². The molecule has 0 saturated heterocycles. The van der Waals surface area contributed by atoms with Crippen LogP contribution in [0.15, 0.2) is 48.8 Å².